The van der Waals surface area contributed by atoms with Crippen LogP contribution >= 0.6 is 0 Å². The summed E-state index contributed by atoms with van der Waals surface area (Å²) in [6.07, 6.45) is 1.53. The fourth-order valence-electron chi connectivity index (χ4n) is 2.06. The molecule has 0 saturated carbocycles. The summed E-state index contributed by atoms with van der Waals surface area (Å²) in [6, 6.07) is 6.88. The molecule has 1 aliphatic heterocycles. The quantitative estimate of drug-likeness (QED) is 0.830. The minimum atomic E-state index is -0.536. The van der Waals surface area contributed by atoms with Gasteiger partial charge in [0.2, 0.25) is 0 Å². The topological polar surface area (TPSA) is 23.5 Å². The summed E-state index contributed by atoms with van der Waals surface area (Å²) < 4.78 is 13.4. The first kappa shape index (κ1) is 11.6. The van der Waals surface area contributed by atoms with E-state index < -0.39 is 5.60 Å². The van der Waals surface area contributed by atoms with Gasteiger partial charge in [-0.1, -0.05) is 18.2 Å². The van der Waals surface area contributed by atoms with Crippen molar-refractivity contribution in [3.05, 3.63) is 35.6 Å². The average Bonchev–Trinajstić information content (AvgIpc) is 2.24. The Hall–Kier alpha value is -0.930. The maximum atomic E-state index is 13.4. The van der Waals surface area contributed by atoms with Crippen molar-refractivity contribution in [3.63, 3.8) is 0 Å². The van der Waals surface area contributed by atoms with E-state index in [-0.39, 0.29) is 5.82 Å². The molecule has 1 heterocycles. The Morgan fingerprint density at radius 3 is 2.56 bits per heavy atom. The summed E-state index contributed by atoms with van der Waals surface area (Å²) in [5.74, 6) is -0.139. The van der Waals surface area contributed by atoms with Gasteiger partial charge in [0.1, 0.15) is 5.82 Å². The van der Waals surface area contributed by atoms with Crippen LogP contribution in [0.4, 0.5) is 4.39 Å². The highest BCUT2D eigenvalue weighted by molar-refractivity contribution is 5.17. The summed E-state index contributed by atoms with van der Waals surface area (Å²) in [4.78, 5) is 2.19. The minimum absolute atomic E-state index is 0.139. The van der Waals surface area contributed by atoms with Crippen LogP contribution < -0.4 is 0 Å². The first-order valence-electron chi connectivity index (χ1n) is 5.75. The summed E-state index contributed by atoms with van der Waals surface area (Å²) >= 11 is 0. The monoisotopic (exact) mass is 223 g/mol. The molecule has 1 aromatic carbocycles. The van der Waals surface area contributed by atoms with Crippen LogP contribution in [0.15, 0.2) is 24.3 Å². The van der Waals surface area contributed by atoms with Crippen LogP contribution in [-0.4, -0.2) is 28.7 Å². The van der Waals surface area contributed by atoms with Crippen molar-refractivity contribution in [1.29, 1.82) is 0 Å². The van der Waals surface area contributed by atoms with E-state index in [9.17, 15) is 9.50 Å². The lowest BCUT2D eigenvalue weighted by Gasteiger charge is -2.35. The van der Waals surface area contributed by atoms with Gasteiger partial charge < -0.3 is 5.11 Å². The van der Waals surface area contributed by atoms with Crippen LogP contribution in [0, 0.1) is 5.82 Å². The van der Waals surface area contributed by atoms with Crippen LogP contribution in [0.25, 0.3) is 0 Å². The van der Waals surface area contributed by atoms with Gasteiger partial charge in [-0.3, -0.25) is 4.90 Å². The second-order valence-corrected chi connectivity index (χ2v) is 4.86. The number of likely N-dealkylation sites (tertiary alicyclic amines) is 1. The van der Waals surface area contributed by atoms with E-state index in [1.54, 1.807) is 6.07 Å². The highest BCUT2D eigenvalue weighted by Crippen LogP contribution is 2.22. The third-order valence-corrected chi connectivity index (χ3v) is 3.29. The van der Waals surface area contributed by atoms with Gasteiger partial charge in [-0.15, -0.1) is 0 Å². The zero-order valence-electron chi connectivity index (χ0n) is 9.62. The van der Waals surface area contributed by atoms with E-state index >= 15 is 0 Å². The third-order valence-electron chi connectivity index (χ3n) is 3.29. The predicted molar refractivity (Wildman–Crippen MR) is 61.5 cm³/mol. The molecular weight excluding hydrogens is 205 g/mol. The van der Waals surface area contributed by atoms with Gasteiger partial charge in [0, 0.05) is 25.2 Å². The first-order valence-corrected chi connectivity index (χ1v) is 5.75. The fraction of sp³-hybridized carbons (Fsp3) is 0.538. The molecule has 0 spiro atoms. The zero-order chi connectivity index (χ0) is 11.6. The molecule has 1 aliphatic rings. The lowest BCUT2D eigenvalue weighted by molar-refractivity contribution is -0.00749. The first-order chi connectivity index (χ1) is 7.57. The summed E-state index contributed by atoms with van der Waals surface area (Å²) in [7, 11) is 0. The van der Waals surface area contributed by atoms with E-state index in [4.69, 9.17) is 0 Å². The van der Waals surface area contributed by atoms with Gasteiger partial charge in [0.25, 0.3) is 0 Å². The molecule has 16 heavy (non-hydrogen) atoms. The Kier molecular flexibility index (Phi) is 3.26. The van der Waals surface area contributed by atoms with Crippen molar-refractivity contribution in [2.45, 2.75) is 31.9 Å². The van der Waals surface area contributed by atoms with Crippen molar-refractivity contribution in [2.75, 3.05) is 13.1 Å². The molecule has 1 aromatic rings. The Labute approximate surface area is 95.7 Å². The van der Waals surface area contributed by atoms with Gasteiger partial charge in [-0.25, -0.2) is 4.39 Å². The lowest BCUT2D eigenvalue weighted by atomic mass is 9.93. The number of halogens is 1. The maximum absolute atomic E-state index is 13.4. The van der Waals surface area contributed by atoms with E-state index in [1.807, 2.05) is 19.1 Å². The smallest absolute Gasteiger partial charge is 0.127 e. The van der Waals surface area contributed by atoms with Crippen LogP contribution in [0.3, 0.4) is 0 Å². The number of hydrogen-bond donors (Lipinski definition) is 1. The minimum Gasteiger partial charge on any atom is -0.390 e. The zero-order valence-corrected chi connectivity index (χ0v) is 9.62. The Morgan fingerprint density at radius 1 is 1.31 bits per heavy atom. The standard InChI is InChI=1S/C13H18FNO/c1-13(16)6-8-15(9-7-13)10-11-4-2-3-5-12(11)14/h2-5,16H,6-10H2,1H3. The summed E-state index contributed by atoms with van der Waals surface area (Å²) in [6.45, 7) is 4.18. The molecule has 88 valence electrons. The van der Waals surface area contributed by atoms with Gasteiger partial charge in [0.05, 0.1) is 5.60 Å². The predicted octanol–water partition coefficient (Wildman–Crippen LogP) is 2.17. The Bertz CT molecular complexity index is 355. The second-order valence-electron chi connectivity index (χ2n) is 4.86. The highest BCUT2D eigenvalue weighted by Gasteiger charge is 2.27. The Morgan fingerprint density at radius 2 is 1.94 bits per heavy atom. The van der Waals surface area contributed by atoms with E-state index in [0.29, 0.717) is 6.54 Å². The highest BCUT2D eigenvalue weighted by atomic mass is 19.1. The number of aliphatic hydroxyl groups is 1. The second kappa shape index (κ2) is 4.52. The molecule has 0 aliphatic carbocycles. The largest absolute Gasteiger partial charge is 0.390 e. The molecule has 2 rings (SSSR count). The molecule has 1 N–H and O–H groups in total. The average molecular weight is 223 g/mol. The van der Waals surface area contributed by atoms with Crippen LogP contribution in [0.1, 0.15) is 25.3 Å². The van der Waals surface area contributed by atoms with Crippen LogP contribution in [-0.2, 0) is 6.54 Å². The van der Waals surface area contributed by atoms with Crippen molar-refractivity contribution < 1.29 is 9.50 Å². The molecular formula is C13H18FNO. The molecule has 0 unspecified atom stereocenters. The van der Waals surface area contributed by atoms with E-state index in [0.717, 1.165) is 31.5 Å². The molecule has 0 aromatic heterocycles. The molecule has 1 saturated heterocycles. The van der Waals surface area contributed by atoms with Gasteiger partial charge >= 0.3 is 0 Å². The summed E-state index contributed by atoms with van der Waals surface area (Å²) in [5.41, 5.74) is 0.204. The SMILES string of the molecule is CC1(O)CCN(Cc2ccccc2F)CC1. The number of hydrogen-bond acceptors (Lipinski definition) is 2. The van der Waals surface area contributed by atoms with Crippen molar-refractivity contribution >= 4 is 0 Å². The molecule has 0 amide bonds. The van der Waals surface area contributed by atoms with E-state index in [2.05, 4.69) is 4.90 Å². The molecule has 0 radical (unpaired) electrons. The van der Waals surface area contributed by atoms with Crippen LogP contribution in [0.5, 0.6) is 0 Å². The lowest BCUT2D eigenvalue weighted by Crippen LogP contribution is -2.42. The molecule has 0 atom stereocenters. The third kappa shape index (κ3) is 2.80. The van der Waals surface area contributed by atoms with E-state index in [1.165, 1.54) is 6.07 Å². The number of piperidine rings is 1. The summed E-state index contributed by atoms with van der Waals surface area (Å²) in [5, 5.41) is 9.81. The van der Waals surface area contributed by atoms with Gasteiger partial charge in [0.15, 0.2) is 0 Å². The molecule has 1 fully saturated rings. The Balaban J connectivity index is 1.95. The van der Waals surface area contributed by atoms with Crippen molar-refractivity contribution in [3.8, 4) is 0 Å². The molecule has 0 bridgehead atoms. The fourth-order valence-corrected chi connectivity index (χ4v) is 2.06. The number of rotatable bonds is 2. The van der Waals surface area contributed by atoms with Gasteiger partial charge in [-0.05, 0) is 25.8 Å². The van der Waals surface area contributed by atoms with Gasteiger partial charge in [-0.2, -0.15) is 0 Å². The number of nitrogens with zero attached hydrogens (tertiary/aromatic N) is 1. The van der Waals surface area contributed by atoms with Crippen molar-refractivity contribution in [1.82, 2.24) is 4.90 Å². The number of benzene rings is 1. The maximum Gasteiger partial charge on any atom is 0.127 e. The molecule has 2 nitrogen and oxygen atoms in total. The van der Waals surface area contributed by atoms with Crippen molar-refractivity contribution in [2.24, 2.45) is 0 Å². The molecule has 3 heteroatoms. The normalized spacial score (nSPS) is 20.9. The van der Waals surface area contributed by atoms with Crippen LogP contribution in [0.2, 0.25) is 0 Å².